The summed E-state index contributed by atoms with van der Waals surface area (Å²) < 4.78 is 5.43. The predicted molar refractivity (Wildman–Crippen MR) is 101 cm³/mol. The van der Waals surface area contributed by atoms with E-state index >= 15 is 0 Å². The fraction of sp³-hybridized carbons (Fsp3) is 0.684. The molecule has 2 aromatic rings. The van der Waals surface area contributed by atoms with Crippen molar-refractivity contribution < 1.29 is 4.52 Å². The number of nitrogens with zero attached hydrogens (tertiary/aromatic N) is 6. The smallest absolute Gasteiger partial charge is 0.240 e. The highest BCUT2D eigenvalue weighted by Crippen LogP contribution is 2.21. The summed E-state index contributed by atoms with van der Waals surface area (Å²) in [5.74, 6) is 3.76. The van der Waals surface area contributed by atoms with E-state index in [1.54, 1.807) is 0 Å². The summed E-state index contributed by atoms with van der Waals surface area (Å²) in [6.45, 7) is 17.1. The molecule has 0 aromatic carbocycles. The van der Waals surface area contributed by atoms with E-state index in [0.717, 1.165) is 49.3 Å². The average Bonchev–Trinajstić information content (AvgIpc) is 3.04. The van der Waals surface area contributed by atoms with E-state index in [1.807, 2.05) is 6.92 Å². The van der Waals surface area contributed by atoms with Gasteiger partial charge in [0.25, 0.3) is 0 Å². The summed E-state index contributed by atoms with van der Waals surface area (Å²) in [6, 6.07) is 2.08. The van der Waals surface area contributed by atoms with E-state index < -0.39 is 0 Å². The van der Waals surface area contributed by atoms with Crippen LogP contribution in [0.15, 0.2) is 10.6 Å². The van der Waals surface area contributed by atoms with E-state index in [4.69, 9.17) is 9.51 Å². The van der Waals surface area contributed by atoms with Crippen LogP contribution in [-0.4, -0.2) is 51.2 Å². The molecule has 0 radical (unpaired) electrons. The van der Waals surface area contributed by atoms with Gasteiger partial charge >= 0.3 is 0 Å². The molecule has 1 aliphatic rings. The molecule has 2 aromatic heterocycles. The molecule has 3 rings (SSSR count). The Morgan fingerprint density at radius 1 is 1.08 bits per heavy atom. The molecule has 0 bridgehead atoms. The van der Waals surface area contributed by atoms with Crippen molar-refractivity contribution in [3.8, 4) is 0 Å². The summed E-state index contributed by atoms with van der Waals surface area (Å²) in [4.78, 5) is 18.5. The third kappa shape index (κ3) is 4.38. The lowest BCUT2D eigenvalue weighted by Crippen LogP contribution is -2.46. The first-order valence-electron chi connectivity index (χ1n) is 9.38. The predicted octanol–water partition coefficient (Wildman–Crippen LogP) is 2.91. The normalized spacial score (nSPS) is 16.5. The van der Waals surface area contributed by atoms with Gasteiger partial charge in [0.1, 0.15) is 11.6 Å². The lowest BCUT2D eigenvalue weighted by Gasteiger charge is -2.34. The van der Waals surface area contributed by atoms with Crippen LogP contribution >= 0.6 is 0 Å². The molecular formula is C19H30N6O. The number of hydrogen-bond acceptors (Lipinski definition) is 7. The second-order valence-corrected chi connectivity index (χ2v) is 8.41. The van der Waals surface area contributed by atoms with E-state index in [0.29, 0.717) is 18.4 Å². The van der Waals surface area contributed by atoms with Crippen molar-refractivity contribution in [3.63, 3.8) is 0 Å². The molecule has 0 aliphatic carbocycles. The Bertz CT molecular complexity index is 741. The van der Waals surface area contributed by atoms with Crippen LogP contribution in [0.5, 0.6) is 0 Å². The van der Waals surface area contributed by atoms with Gasteiger partial charge in [0.15, 0.2) is 5.82 Å². The van der Waals surface area contributed by atoms with Crippen LogP contribution in [0.3, 0.4) is 0 Å². The second kappa shape index (κ2) is 7.31. The number of hydrogen-bond donors (Lipinski definition) is 0. The minimum atomic E-state index is -0.0839. The SMILES string of the molecule is Cc1cc(N2CCN(Cc3nc(C(C)(C)C)no3)CC2)nc(C(C)C)n1. The number of anilines is 1. The molecule has 0 spiro atoms. The number of aromatic nitrogens is 4. The van der Waals surface area contributed by atoms with Gasteiger partial charge in [-0.25, -0.2) is 9.97 Å². The molecule has 0 unspecified atom stereocenters. The lowest BCUT2D eigenvalue weighted by molar-refractivity contribution is 0.214. The third-order valence-electron chi connectivity index (χ3n) is 4.57. The highest BCUT2D eigenvalue weighted by atomic mass is 16.5. The molecule has 1 aliphatic heterocycles. The molecule has 0 N–H and O–H groups in total. The maximum Gasteiger partial charge on any atom is 0.240 e. The zero-order valence-electron chi connectivity index (χ0n) is 16.8. The Labute approximate surface area is 155 Å². The van der Waals surface area contributed by atoms with Crippen LogP contribution in [0, 0.1) is 6.92 Å². The fourth-order valence-corrected chi connectivity index (χ4v) is 2.94. The maximum atomic E-state index is 5.43. The number of rotatable bonds is 4. The highest BCUT2D eigenvalue weighted by Gasteiger charge is 2.24. The zero-order valence-corrected chi connectivity index (χ0v) is 16.8. The van der Waals surface area contributed by atoms with Gasteiger partial charge in [0, 0.05) is 49.3 Å². The number of piperazine rings is 1. The van der Waals surface area contributed by atoms with Gasteiger partial charge in [-0.15, -0.1) is 0 Å². The van der Waals surface area contributed by atoms with Gasteiger partial charge in [0.05, 0.1) is 6.54 Å². The van der Waals surface area contributed by atoms with Crippen molar-refractivity contribution in [3.05, 3.63) is 29.3 Å². The zero-order chi connectivity index (χ0) is 18.9. The molecule has 1 saturated heterocycles. The summed E-state index contributed by atoms with van der Waals surface area (Å²) in [5, 5.41) is 4.11. The van der Waals surface area contributed by atoms with Crippen molar-refractivity contribution in [2.45, 2.75) is 59.4 Å². The largest absolute Gasteiger partial charge is 0.354 e. The van der Waals surface area contributed by atoms with Crippen LogP contribution in [0.1, 0.15) is 63.8 Å². The van der Waals surface area contributed by atoms with E-state index in [1.165, 1.54) is 0 Å². The molecule has 7 nitrogen and oxygen atoms in total. The van der Waals surface area contributed by atoms with Gasteiger partial charge < -0.3 is 9.42 Å². The fourth-order valence-electron chi connectivity index (χ4n) is 2.94. The molecule has 0 atom stereocenters. The van der Waals surface area contributed by atoms with E-state index in [-0.39, 0.29) is 5.41 Å². The summed E-state index contributed by atoms with van der Waals surface area (Å²) in [5.41, 5.74) is 0.945. The van der Waals surface area contributed by atoms with Crippen LogP contribution in [-0.2, 0) is 12.0 Å². The van der Waals surface area contributed by atoms with Crippen molar-refractivity contribution in [2.75, 3.05) is 31.1 Å². The topological polar surface area (TPSA) is 71.2 Å². The van der Waals surface area contributed by atoms with Crippen molar-refractivity contribution >= 4 is 5.82 Å². The first kappa shape index (κ1) is 18.8. The molecule has 142 valence electrons. The summed E-state index contributed by atoms with van der Waals surface area (Å²) in [6.07, 6.45) is 0. The molecule has 26 heavy (non-hydrogen) atoms. The van der Waals surface area contributed by atoms with Gasteiger partial charge in [-0.1, -0.05) is 39.8 Å². The standard InChI is InChI=1S/C19H30N6O/c1-13(2)17-20-14(3)11-15(21-17)25-9-7-24(8-10-25)12-16-22-18(23-26-16)19(4,5)6/h11,13H,7-10,12H2,1-6H3. The number of aryl methyl sites for hydroxylation is 1. The van der Waals surface area contributed by atoms with Crippen LogP contribution < -0.4 is 4.90 Å². The second-order valence-electron chi connectivity index (χ2n) is 8.41. The Kier molecular flexibility index (Phi) is 5.27. The lowest BCUT2D eigenvalue weighted by atomic mass is 9.96. The molecule has 7 heteroatoms. The Morgan fingerprint density at radius 2 is 1.77 bits per heavy atom. The molecule has 0 amide bonds. The van der Waals surface area contributed by atoms with Crippen LogP contribution in [0.25, 0.3) is 0 Å². The molecular weight excluding hydrogens is 328 g/mol. The molecule has 1 fully saturated rings. The van der Waals surface area contributed by atoms with Crippen molar-refractivity contribution in [1.29, 1.82) is 0 Å². The Hall–Kier alpha value is -2.02. The Balaban J connectivity index is 1.60. The third-order valence-corrected chi connectivity index (χ3v) is 4.57. The minimum Gasteiger partial charge on any atom is -0.354 e. The summed E-state index contributed by atoms with van der Waals surface area (Å²) in [7, 11) is 0. The Morgan fingerprint density at radius 3 is 2.35 bits per heavy atom. The first-order chi connectivity index (χ1) is 12.2. The molecule has 0 saturated carbocycles. The highest BCUT2D eigenvalue weighted by molar-refractivity contribution is 5.40. The average molecular weight is 358 g/mol. The van der Waals surface area contributed by atoms with E-state index in [2.05, 4.69) is 65.6 Å². The van der Waals surface area contributed by atoms with Gasteiger partial charge in [0.2, 0.25) is 5.89 Å². The summed E-state index contributed by atoms with van der Waals surface area (Å²) >= 11 is 0. The molecule has 3 heterocycles. The van der Waals surface area contributed by atoms with Crippen LogP contribution in [0.2, 0.25) is 0 Å². The van der Waals surface area contributed by atoms with Gasteiger partial charge in [-0.2, -0.15) is 4.98 Å². The first-order valence-corrected chi connectivity index (χ1v) is 9.38. The minimum absolute atomic E-state index is 0.0839. The van der Waals surface area contributed by atoms with Crippen LogP contribution in [0.4, 0.5) is 5.82 Å². The van der Waals surface area contributed by atoms with Crippen molar-refractivity contribution in [1.82, 2.24) is 25.0 Å². The monoisotopic (exact) mass is 358 g/mol. The van der Waals surface area contributed by atoms with Gasteiger partial charge in [-0.3, -0.25) is 4.90 Å². The quantitative estimate of drug-likeness (QED) is 0.832. The van der Waals surface area contributed by atoms with E-state index in [9.17, 15) is 0 Å². The maximum absolute atomic E-state index is 5.43. The van der Waals surface area contributed by atoms with Crippen molar-refractivity contribution in [2.24, 2.45) is 0 Å². The van der Waals surface area contributed by atoms with Gasteiger partial charge in [-0.05, 0) is 6.92 Å².